The van der Waals surface area contributed by atoms with Crippen LogP contribution < -0.4 is 10.1 Å². The van der Waals surface area contributed by atoms with Crippen LogP contribution in [0.4, 0.5) is 14.5 Å². The predicted molar refractivity (Wildman–Crippen MR) is 63.8 cm³/mol. The zero-order valence-electron chi connectivity index (χ0n) is 9.82. The molecule has 0 amide bonds. The number of benzene rings is 1. The summed E-state index contributed by atoms with van der Waals surface area (Å²) in [6.07, 6.45) is 1.59. The van der Waals surface area contributed by atoms with Crippen molar-refractivity contribution in [3.05, 3.63) is 47.9 Å². The number of anilines is 1. The number of nitrogens with one attached hydrogen (secondary N) is 1. The number of aryl methyl sites for hydroxylation is 1. The molecule has 1 aromatic heterocycles. The van der Waals surface area contributed by atoms with E-state index in [1.807, 2.05) is 13.0 Å². The highest BCUT2D eigenvalue weighted by Crippen LogP contribution is 2.26. The molecule has 1 aromatic carbocycles. The minimum absolute atomic E-state index is 0.122. The van der Waals surface area contributed by atoms with E-state index >= 15 is 0 Å². The van der Waals surface area contributed by atoms with Gasteiger partial charge in [-0.05, 0) is 30.7 Å². The highest BCUT2D eigenvalue weighted by Gasteiger charge is 2.09. The van der Waals surface area contributed by atoms with Gasteiger partial charge in [0.05, 0.1) is 18.5 Å². The molecule has 0 aliphatic rings. The summed E-state index contributed by atoms with van der Waals surface area (Å²) in [5.41, 5.74) is 1.52. The Bertz CT molecular complexity index is 511. The topological polar surface area (TPSA) is 34.4 Å². The lowest BCUT2D eigenvalue weighted by Gasteiger charge is -2.11. The number of ether oxygens (including phenoxy) is 1. The largest absolute Gasteiger partial charge is 0.467 e. The van der Waals surface area contributed by atoms with Crippen LogP contribution >= 0.6 is 0 Å². The maximum Gasteiger partial charge on any atom is 0.387 e. The molecule has 18 heavy (non-hydrogen) atoms. The third-order valence-corrected chi connectivity index (χ3v) is 2.51. The number of rotatable bonds is 5. The first-order chi connectivity index (χ1) is 8.66. The average molecular weight is 253 g/mol. The van der Waals surface area contributed by atoms with Crippen LogP contribution in [0.25, 0.3) is 0 Å². The summed E-state index contributed by atoms with van der Waals surface area (Å²) >= 11 is 0. The van der Waals surface area contributed by atoms with Gasteiger partial charge in [0.2, 0.25) is 0 Å². The molecule has 3 nitrogen and oxygen atoms in total. The van der Waals surface area contributed by atoms with E-state index in [0.717, 1.165) is 11.3 Å². The maximum absolute atomic E-state index is 12.2. The van der Waals surface area contributed by atoms with E-state index < -0.39 is 6.61 Å². The third kappa shape index (κ3) is 3.00. The number of halogens is 2. The molecule has 0 fully saturated rings. The maximum atomic E-state index is 12.2. The van der Waals surface area contributed by atoms with Crippen LogP contribution in [0, 0.1) is 6.92 Å². The van der Waals surface area contributed by atoms with Crippen molar-refractivity contribution in [1.82, 2.24) is 0 Å². The lowest BCUT2D eigenvalue weighted by molar-refractivity contribution is -0.0493. The molecule has 0 atom stereocenters. The monoisotopic (exact) mass is 253 g/mol. The van der Waals surface area contributed by atoms with E-state index in [4.69, 9.17) is 4.42 Å². The van der Waals surface area contributed by atoms with Crippen molar-refractivity contribution in [2.75, 3.05) is 5.32 Å². The van der Waals surface area contributed by atoms with E-state index in [0.29, 0.717) is 12.2 Å². The Morgan fingerprint density at radius 2 is 2.06 bits per heavy atom. The first kappa shape index (κ1) is 12.4. The van der Waals surface area contributed by atoms with Crippen LogP contribution in [0.1, 0.15) is 11.3 Å². The van der Waals surface area contributed by atoms with Gasteiger partial charge in [0.15, 0.2) is 0 Å². The molecular weight excluding hydrogens is 240 g/mol. The van der Waals surface area contributed by atoms with E-state index in [2.05, 4.69) is 10.1 Å². The molecule has 0 unspecified atom stereocenters. The zero-order chi connectivity index (χ0) is 13.0. The number of hydrogen-bond donors (Lipinski definition) is 1. The van der Waals surface area contributed by atoms with Crippen LogP contribution in [-0.4, -0.2) is 6.61 Å². The molecule has 0 bridgehead atoms. The molecule has 2 aromatic rings. The van der Waals surface area contributed by atoms with Crippen molar-refractivity contribution in [3.8, 4) is 5.75 Å². The Labute approximate surface area is 103 Å². The number of hydrogen-bond acceptors (Lipinski definition) is 3. The quantitative estimate of drug-likeness (QED) is 0.880. The van der Waals surface area contributed by atoms with Crippen LogP contribution in [0.5, 0.6) is 5.75 Å². The molecule has 1 N–H and O–H groups in total. The van der Waals surface area contributed by atoms with Gasteiger partial charge in [0, 0.05) is 0 Å². The van der Waals surface area contributed by atoms with Gasteiger partial charge in [-0.1, -0.05) is 12.1 Å². The minimum Gasteiger partial charge on any atom is -0.467 e. The van der Waals surface area contributed by atoms with Gasteiger partial charge < -0.3 is 14.5 Å². The lowest BCUT2D eigenvalue weighted by Crippen LogP contribution is -2.06. The fourth-order valence-electron chi connectivity index (χ4n) is 1.57. The Morgan fingerprint density at radius 3 is 2.72 bits per heavy atom. The van der Waals surface area contributed by atoms with E-state index in [1.165, 1.54) is 6.07 Å². The molecule has 1 heterocycles. The van der Waals surface area contributed by atoms with Gasteiger partial charge in [-0.2, -0.15) is 8.78 Å². The summed E-state index contributed by atoms with van der Waals surface area (Å²) in [4.78, 5) is 0. The molecule has 5 heteroatoms. The SMILES string of the molecule is Cc1ccoc1CNc1ccccc1OC(F)F. The second-order valence-electron chi connectivity index (χ2n) is 3.76. The fourth-order valence-corrected chi connectivity index (χ4v) is 1.57. The molecule has 0 aliphatic heterocycles. The van der Waals surface area contributed by atoms with Crippen molar-refractivity contribution >= 4 is 5.69 Å². The van der Waals surface area contributed by atoms with Crippen molar-refractivity contribution in [3.63, 3.8) is 0 Å². The van der Waals surface area contributed by atoms with Crippen LogP contribution in [0.2, 0.25) is 0 Å². The molecule has 0 spiro atoms. The minimum atomic E-state index is -2.83. The van der Waals surface area contributed by atoms with Crippen LogP contribution in [-0.2, 0) is 6.54 Å². The summed E-state index contributed by atoms with van der Waals surface area (Å²) < 4.78 is 34.1. The first-order valence-corrected chi connectivity index (χ1v) is 5.47. The van der Waals surface area contributed by atoms with Gasteiger partial charge in [0.25, 0.3) is 0 Å². The van der Waals surface area contributed by atoms with Crippen LogP contribution in [0.15, 0.2) is 41.0 Å². The molecule has 96 valence electrons. The standard InChI is InChI=1S/C13H13F2NO2/c1-9-6-7-17-12(9)8-16-10-4-2-3-5-11(10)18-13(14)15/h2-7,13,16H,8H2,1H3. The summed E-state index contributed by atoms with van der Waals surface area (Å²) in [6, 6.07) is 8.40. The fraction of sp³-hybridized carbons (Fsp3) is 0.231. The van der Waals surface area contributed by atoms with Crippen molar-refractivity contribution in [2.45, 2.75) is 20.1 Å². The third-order valence-electron chi connectivity index (χ3n) is 2.51. The Balaban J connectivity index is 2.07. The second-order valence-corrected chi connectivity index (χ2v) is 3.76. The second kappa shape index (κ2) is 5.53. The van der Waals surface area contributed by atoms with E-state index in [-0.39, 0.29) is 5.75 Å². The molecule has 0 saturated heterocycles. The first-order valence-electron chi connectivity index (χ1n) is 5.47. The number of furan rings is 1. The van der Waals surface area contributed by atoms with Gasteiger partial charge in [-0.25, -0.2) is 0 Å². The molecule has 0 aliphatic carbocycles. The van der Waals surface area contributed by atoms with Gasteiger partial charge in [0.1, 0.15) is 11.5 Å². The molecule has 0 radical (unpaired) electrons. The highest BCUT2D eigenvalue weighted by atomic mass is 19.3. The zero-order valence-corrected chi connectivity index (χ0v) is 9.82. The van der Waals surface area contributed by atoms with Crippen molar-refractivity contribution in [2.24, 2.45) is 0 Å². The molecular formula is C13H13F2NO2. The number of para-hydroxylation sites is 2. The summed E-state index contributed by atoms with van der Waals surface area (Å²) in [7, 11) is 0. The van der Waals surface area contributed by atoms with Crippen LogP contribution in [0.3, 0.4) is 0 Å². The van der Waals surface area contributed by atoms with E-state index in [1.54, 1.807) is 24.5 Å². The smallest absolute Gasteiger partial charge is 0.387 e. The van der Waals surface area contributed by atoms with E-state index in [9.17, 15) is 8.78 Å². The summed E-state index contributed by atoms with van der Waals surface area (Å²) in [6.45, 7) is -0.497. The average Bonchev–Trinajstić information content (AvgIpc) is 2.73. The predicted octanol–water partition coefficient (Wildman–Crippen LogP) is 3.80. The Kier molecular flexibility index (Phi) is 3.82. The summed E-state index contributed by atoms with van der Waals surface area (Å²) in [5, 5.41) is 3.01. The normalized spacial score (nSPS) is 10.7. The highest BCUT2D eigenvalue weighted by molar-refractivity contribution is 5.56. The molecule has 2 rings (SSSR count). The van der Waals surface area contributed by atoms with Gasteiger partial charge in [-0.15, -0.1) is 0 Å². The Hall–Kier alpha value is -2.04. The lowest BCUT2D eigenvalue weighted by atomic mass is 10.2. The van der Waals surface area contributed by atoms with Gasteiger partial charge >= 0.3 is 6.61 Å². The van der Waals surface area contributed by atoms with Crippen molar-refractivity contribution in [1.29, 1.82) is 0 Å². The molecule has 0 saturated carbocycles. The Morgan fingerprint density at radius 1 is 1.28 bits per heavy atom. The summed E-state index contributed by atoms with van der Waals surface area (Å²) in [5.74, 6) is 0.888. The number of alkyl halides is 2. The van der Waals surface area contributed by atoms with Crippen molar-refractivity contribution < 1.29 is 17.9 Å². The van der Waals surface area contributed by atoms with Gasteiger partial charge in [-0.3, -0.25) is 0 Å².